The van der Waals surface area contributed by atoms with Crippen LogP contribution in [0.1, 0.15) is 200 Å². The van der Waals surface area contributed by atoms with Crippen molar-refractivity contribution in [3.63, 3.8) is 0 Å². The Hall–Kier alpha value is -1.72. The van der Waals surface area contributed by atoms with Gasteiger partial charge < -0.3 is 40.3 Å². The van der Waals surface area contributed by atoms with E-state index in [1.165, 1.54) is 109 Å². The highest BCUT2D eigenvalue weighted by Crippen LogP contribution is 2.26. The van der Waals surface area contributed by atoms with Crippen molar-refractivity contribution in [2.45, 2.75) is 249 Å². The van der Waals surface area contributed by atoms with Crippen molar-refractivity contribution in [3.8, 4) is 0 Å². The Morgan fingerprint density at radius 1 is 0.645 bits per heavy atom. The van der Waals surface area contributed by atoms with E-state index in [9.17, 15) is 43.3 Å². The summed E-state index contributed by atoms with van der Waals surface area (Å²) in [7, 11) is -5.12. The third-order valence-electron chi connectivity index (χ3n) is 11.5. The number of ether oxygens (including phenoxy) is 2. The molecule has 0 aromatic rings. The van der Waals surface area contributed by atoms with Crippen LogP contribution in [0.5, 0.6) is 0 Å². The maximum Gasteiger partial charge on any atom is 0.397 e. The number of allylic oxidation sites excluding steroid dienone is 5. The second-order valence-electron chi connectivity index (χ2n) is 17.2. The molecule has 1 heterocycles. The smallest absolute Gasteiger partial charge is 0.394 e. The van der Waals surface area contributed by atoms with Crippen LogP contribution >= 0.6 is 0 Å². The third kappa shape index (κ3) is 30.4. The summed E-state index contributed by atoms with van der Waals surface area (Å²) < 4.78 is 47.5. The number of hydrogen-bond acceptors (Lipinski definition) is 11. The molecule has 1 aliphatic rings. The maximum atomic E-state index is 13.1. The third-order valence-corrected chi connectivity index (χ3v) is 12.0. The molecule has 0 spiro atoms. The van der Waals surface area contributed by atoms with Crippen LogP contribution in [0.4, 0.5) is 0 Å². The number of aliphatic hydroxyl groups excluding tert-OH is 5. The molecule has 8 unspecified atom stereocenters. The van der Waals surface area contributed by atoms with E-state index in [4.69, 9.17) is 9.47 Å². The number of unbranched alkanes of at least 4 members (excludes halogenated alkanes) is 24. The van der Waals surface area contributed by atoms with Gasteiger partial charge in [0.05, 0.1) is 25.4 Å². The summed E-state index contributed by atoms with van der Waals surface area (Å²) in [6, 6.07) is -1.14. The van der Waals surface area contributed by atoms with Gasteiger partial charge in [-0.3, -0.25) is 9.35 Å². The number of hydrogen-bond donors (Lipinski definition) is 7. The van der Waals surface area contributed by atoms with Crippen LogP contribution in [0.25, 0.3) is 0 Å². The molecule has 1 amide bonds. The lowest BCUT2D eigenvalue weighted by atomic mass is 9.99. The zero-order valence-corrected chi connectivity index (χ0v) is 39.4. The first-order valence-electron chi connectivity index (χ1n) is 24.5. The van der Waals surface area contributed by atoms with Crippen molar-refractivity contribution in [2.75, 3.05) is 13.2 Å². The quantitative estimate of drug-likeness (QED) is 0.0174. The lowest BCUT2D eigenvalue weighted by molar-refractivity contribution is -0.298. The average molecular weight is 904 g/mol. The largest absolute Gasteiger partial charge is 0.397 e. The Morgan fingerprint density at radius 2 is 1.08 bits per heavy atom. The molecular formula is C48H89NO12S. The number of nitrogens with one attached hydrogen (secondary N) is 1. The van der Waals surface area contributed by atoms with Crippen LogP contribution in [-0.2, 0) is 28.9 Å². The molecule has 14 heteroatoms. The minimum absolute atomic E-state index is 0.230. The van der Waals surface area contributed by atoms with Crippen molar-refractivity contribution >= 4 is 16.3 Å². The van der Waals surface area contributed by atoms with Crippen molar-refractivity contribution in [2.24, 2.45) is 0 Å². The summed E-state index contributed by atoms with van der Waals surface area (Å²) in [5.74, 6) is -0.717. The van der Waals surface area contributed by atoms with Gasteiger partial charge in [-0.05, 0) is 57.8 Å². The molecule has 62 heavy (non-hydrogen) atoms. The van der Waals surface area contributed by atoms with Crippen LogP contribution in [-0.4, -0.2) is 107 Å². The fourth-order valence-electron chi connectivity index (χ4n) is 7.59. The van der Waals surface area contributed by atoms with E-state index in [-0.39, 0.29) is 6.42 Å². The summed E-state index contributed by atoms with van der Waals surface area (Å²) in [6.07, 6.45) is 33.7. The molecule has 1 rings (SSSR count). The Morgan fingerprint density at radius 3 is 1.55 bits per heavy atom. The van der Waals surface area contributed by atoms with Gasteiger partial charge >= 0.3 is 10.4 Å². The second-order valence-corrected chi connectivity index (χ2v) is 18.2. The van der Waals surface area contributed by atoms with E-state index < -0.39 is 78.5 Å². The van der Waals surface area contributed by atoms with Crippen molar-refractivity contribution < 1.29 is 57.0 Å². The minimum Gasteiger partial charge on any atom is -0.394 e. The van der Waals surface area contributed by atoms with Crippen molar-refractivity contribution in [1.82, 2.24) is 5.32 Å². The average Bonchev–Trinajstić information content (AvgIpc) is 3.24. The molecule has 364 valence electrons. The van der Waals surface area contributed by atoms with Gasteiger partial charge in [0.15, 0.2) is 6.29 Å². The lowest BCUT2D eigenvalue weighted by Crippen LogP contribution is -2.61. The molecule has 1 fully saturated rings. The van der Waals surface area contributed by atoms with Crippen LogP contribution in [0, 0.1) is 0 Å². The first-order chi connectivity index (χ1) is 29.9. The van der Waals surface area contributed by atoms with Crippen LogP contribution < -0.4 is 5.32 Å². The van der Waals surface area contributed by atoms with Crippen molar-refractivity contribution in [3.05, 3.63) is 36.5 Å². The number of aliphatic hydroxyl groups is 5. The summed E-state index contributed by atoms with van der Waals surface area (Å²) in [6.45, 7) is 3.19. The van der Waals surface area contributed by atoms with Crippen LogP contribution in [0.15, 0.2) is 36.5 Å². The molecule has 0 bridgehead atoms. The van der Waals surface area contributed by atoms with E-state index >= 15 is 0 Å². The maximum absolute atomic E-state index is 13.1. The molecule has 8 atom stereocenters. The SMILES string of the molecule is CCCCCCCCCC/C=C/CC/C=C/C(O)C(COC1OC(CO)C(O)C(OS(=O)(=O)O)C1O)NC(=O)C(O)CCCCCCCC/C=C\CCCCCCCCCCC. The zero-order valence-electron chi connectivity index (χ0n) is 38.5. The highest BCUT2D eigenvalue weighted by Gasteiger charge is 2.48. The normalized spacial score (nSPS) is 21.3. The van der Waals surface area contributed by atoms with E-state index in [0.29, 0.717) is 12.8 Å². The molecule has 0 aromatic carbocycles. The Bertz CT molecular complexity index is 1260. The molecule has 0 aromatic heterocycles. The van der Waals surface area contributed by atoms with Crippen molar-refractivity contribution in [1.29, 1.82) is 0 Å². The van der Waals surface area contributed by atoms with E-state index in [2.05, 4.69) is 47.7 Å². The monoisotopic (exact) mass is 904 g/mol. The molecular weight excluding hydrogens is 815 g/mol. The lowest BCUT2D eigenvalue weighted by Gasteiger charge is -2.41. The van der Waals surface area contributed by atoms with E-state index in [1.807, 2.05) is 0 Å². The Balaban J connectivity index is 2.56. The van der Waals surface area contributed by atoms with Gasteiger partial charge in [0.1, 0.15) is 30.5 Å². The first-order valence-corrected chi connectivity index (χ1v) is 25.8. The summed E-state index contributed by atoms with van der Waals surface area (Å²) in [5.41, 5.74) is 0. The second kappa shape index (κ2) is 38.5. The number of rotatable bonds is 41. The zero-order chi connectivity index (χ0) is 45.7. The molecule has 1 saturated heterocycles. The topological polar surface area (TPSA) is 212 Å². The molecule has 0 radical (unpaired) electrons. The number of carbonyl (C=O) groups is 1. The fourth-order valence-corrected chi connectivity index (χ4v) is 8.10. The molecule has 1 aliphatic heterocycles. The van der Waals surface area contributed by atoms with Gasteiger partial charge in [-0.1, -0.05) is 179 Å². The standard InChI is InChI=1S/C48H89NO12S/c1-3-5-7-9-11-13-15-17-19-20-21-22-23-25-27-29-31-33-35-37-42(52)47(55)49-40(39-59-48-45(54)46(61-62(56,57)58)44(53)43(38-50)60-48)41(51)36-34-32-30-28-26-24-18-16-14-12-10-8-6-4-2/h21-22,26,28,34,36,40-46,48,50-54H,3-20,23-25,27,29-33,35,37-39H2,1-2H3,(H,49,55)(H,56,57,58)/b22-21-,28-26+,36-34+. The van der Waals surface area contributed by atoms with Crippen LogP contribution in [0.3, 0.4) is 0 Å². The van der Waals surface area contributed by atoms with Gasteiger partial charge in [-0.2, -0.15) is 8.42 Å². The molecule has 0 saturated carbocycles. The molecule has 0 aliphatic carbocycles. The van der Waals surface area contributed by atoms with E-state index in [0.717, 1.165) is 64.2 Å². The summed E-state index contributed by atoms with van der Waals surface area (Å²) in [5, 5.41) is 55.2. The molecule has 13 nitrogen and oxygen atoms in total. The van der Waals surface area contributed by atoms with Crippen LogP contribution in [0.2, 0.25) is 0 Å². The minimum atomic E-state index is -5.12. The Labute approximate surface area is 376 Å². The first kappa shape index (κ1) is 58.3. The summed E-state index contributed by atoms with van der Waals surface area (Å²) >= 11 is 0. The molecule has 7 N–H and O–H groups in total. The van der Waals surface area contributed by atoms with Gasteiger partial charge in [0.25, 0.3) is 0 Å². The predicted octanol–water partition coefficient (Wildman–Crippen LogP) is 8.86. The fraction of sp³-hybridized carbons (Fsp3) is 0.854. The highest BCUT2D eigenvalue weighted by atomic mass is 32.3. The number of amides is 1. The van der Waals surface area contributed by atoms with Gasteiger partial charge in [0.2, 0.25) is 5.91 Å². The Kier molecular flexibility index (Phi) is 36.2. The van der Waals surface area contributed by atoms with Gasteiger partial charge in [0, 0.05) is 0 Å². The van der Waals surface area contributed by atoms with Gasteiger partial charge in [-0.25, -0.2) is 4.18 Å². The predicted molar refractivity (Wildman–Crippen MR) is 247 cm³/mol. The summed E-state index contributed by atoms with van der Waals surface area (Å²) in [4.78, 5) is 13.1. The van der Waals surface area contributed by atoms with E-state index in [1.54, 1.807) is 6.08 Å². The van der Waals surface area contributed by atoms with Gasteiger partial charge in [-0.15, -0.1) is 0 Å². The highest BCUT2D eigenvalue weighted by molar-refractivity contribution is 7.80. The number of carbonyl (C=O) groups excluding carboxylic acids is 1.